The molecule has 1 rings (SSSR count). The Morgan fingerprint density at radius 2 is 2.23 bits per heavy atom. The summed E-state index contributed by atoms with van der Waals surface area (Å²) in [6, 6.07) is 0.911. The number of allylic oxidation sites excluding steroid dienone is 1. The maximum Gasteiger partial charge on any atom is 0.0135 e. The Hall–Kier alpha value is -0.340. The predicted octanol–water partition coefficient (Wildman–Crippen LogP) is 1.64. The summed E-state index contributed by atoms with van der Waals surface area (Å²) >= 11 is 0. The Morgan fingerprint density at radius 1 is 1.46 bits per heavy atom. The minimum Gasteiger partial charge on any atom is -0.312 e. The minimum atomic E-state index is 0.911. The first-order valence-electron chi connectivity index (χ1n) is 5.44. The zero-order valence-corrected chi connectivity index (χ0v) is 8.92. The number of likely N-dealkylation sites (N-methyl/N-ethyl adjacent to an activating group) is 1. The zero-order chi connectivity index (χ0) is 9.52. The molecular weight excluding hydrogens is 160 g/mol. The van der Waals surface area contributed by atoms with Crippen LogP contribution in [-0.2, 0) is 0 Å². The molecule has 2 nitrogen and oxygen atoms in total. The lowest BCUT2D eigenvalue weighted by atomic mass is 10.4. The monoisotopic (exact) mass is 182 g/mol. The molecule has 0 aromatic carbocycles. The predicted molar refractivity (Wildman–Crippen MR) is 58.0 cm³/mol. The molecule has 0 aromatic rings. The van der Waals surface area contributed by atoms with E-state index in [1.165, 1.54) is 25.9 Å². The van der Waals surface area contributed by atoms with Crippen molar-refractivity contribution in [3.63, 3.8) is 0 Å². The van der Waals surface area contributed by atoms with E-state index in [-0.39, 0.29) is 0 Å². The number of rotatable bonds is 7. The second-order valence-electron chi connectivity index (χ2n) is 3.63. The molecule has 0 heterocycles. The van der Waals surface area contributed by atoms with Crippen LogP contribution in [-0.4, -0.2) is 37.1 Å². The van der Waals surface area contributed by atoms with Crippen molar-refractivity contribution in [1.82, 2.24) is 10.2 Å². The summed E-state index contributed by atoms with van der Waals surface area (Å²) in [5.41, 5.74) is 0. The number of nitrogens with one attached hydrogen (secondary N) is 1. The van der Waals surface area contributed by atoms with E-state index in [1.54, 1.807) is 0 Å². The summed E-state index contributed by atoms with van der Waals surface area (Å²) in [6.45, 7) is 8.86. The van der Waals surface area contributed by atoms with Gasteiger partial charge in [-0.1, -0.05) is 19.1 Å². The SMILES string of the molecule is C/C=C/CNCCN(CC)C1CC1. The molecule has 1 aliphatic carbocycles. The van der Waals surface area contributed by atoms with E-state index >= 15 is 0 Å². The van der Waals surface area contributed by atoms with Gasteiger partial charge in [0.05, 0.1) is 0 Å². The second kappa shape index (κ2) is 6.17. The van der Waals surface area contributed by atoms with Crippen molar-refractivity contribution in [2.24, 2.45) is 0 Å². The third kappa shape index (κ3) is 4.44. The van der Waals surface area contributed by atoms with Crippen LogP contribution in [0.15, 0.2) is 12.2 Å². The van der Waals surface area contributed by atoms with Gasteiger partial charge in [0, 0.05) is 25.7 Å². The second-order valence-corrected chi connectivity index (χ2v) is 3.63. The topological polar surface area (TPSA) is 15.3 Å². The van der Waals surface area contributed by atoms with Crippen LogP contribution in [0.2, 0.25) is 0 Å². The molecule has 0 radical (unpaired) electrons. The van der Waals surface area contributed by atoms with Crippen molar-refractivity contribution in [3.8, 4) is 0 Å². The van der Waals surface area contributed by atoms with Crippen LogP contribution in [0.25, 0.3) is 0 Å². The maximum absolute atomic E-state index is 3.41. The van der Waals surface area contributed by atoms with Gasteiger partial charge < -0.3 is 5.32 Å². The van der Waals surface area contributed by atoms with Crippen LogP contribution in [0, 0.1) is 0 Å². The summed E-state index contributed by atoms with van der Waals surface area (Å²) < 4.78 is 0. The van der Waals surface area contributed by atoms with Crippen LogP contribution >= 0.6 is 0 Å². The Labute approximate surface area is 82.0 Å². The van der Waals surface area contributed by atoms with Gasteiger partial charge in [-0.05, 0) is 26.3 Å². The molecule has 1 aliphatic rings. The lowest BCUT2D eigenvalue weighted by molar-refractivity contribution is 0.278. The largest absolute Gasteiger partial charge is 0.312 e. The number of hydrogen-bond acceptors (Lipinski definition) is 2. The van der Waals surface area contributed by atoms with Gasteiger partial charge in [-0.2, -0.15) is 0 Å². The highest BCUT2D eigenvalue weighted by atomic mass is 15.2. The standard InChI is InChI=1S/C11H22N2/c1-3-5-8-12-9-10-13(4-2)11-6-7-11/h3,5,11-12H,4,6-10H2,1-2H3/b5-3+. The van der Waals surface area contributed by atoms with E-state index in [1.807, 2.05) is 0 Å². The third-order valence-corrected chi connectivity index (χ3v) is 2.54. The van der Waals surface area contributed by atoms with Crippen molar-refractivity contribution < 1.29 is 0 Å². The molecule has 0 saturated heterocycles. The highest BCUT2D eigenvalue weighted by molar-refractivity contribution is 4.84. The molecule has 1 saturated carbocycles. The van der Waals surface area contributed by atoms with Crippen LogP contribution < -0.4 is 5.32 Å². The molecule has 0 spiro atoms. The van der Waals surface area contributed by atoms with E-state index in [4.69, 9.17) is 0 Å². The van der Waals surface area contributed by atoms with E-state index in [2.05, 4.69) is 36.2 Å². The molecule has 0 bridgehead atoms. The smallest absolute Gasteiger partial charge is 0.0135 e. The Balaban J connectivity index is 1.96. The lowest BCUT2D eigenvalue weighted by Gasteiger charge is -2.19. The molecule has 76 valence electrons. The van der Waals surface area contributed by atoms with Crippen molar-refractivity contribution in [1.29, 1.82) is 0 Å². The average Bonchev–Trinajstić information content (AvgIpc) is 2.95. The van der Waals surface area contributed by atoms with Crippen LogP contribution in [0.3, 0.4) is 0 Å². The fraction of sp³-hybridized carbons (Fsp3) is 0.818. The summed E-state index contributed by atoms with van der Waals surface area (Å²) in [4.78, 5) is 2.57. The lowest BCUT2D eigenvalue weighted by Crippen LogP contribution is -2.33. The van der Waals surface area contributed by atoms with Gasteiger partial charge in [0.25, 0.3) is 0 Å². The first-order chi connectivity index (χ1) is 6.38. The van der Waals surface area contributed by atoms with Gasteiger partial charge in [-0.25, -0.2) is 0 Å². The van der Waals surface area contributed by atoms with Crippen molar-refractivity contribution in [2.75, 3.05) is 26.2 Å². The molecule has 13 heavy (non-hydrogen) atoms. The molecule has 2 heteroatoms. The molecule has 0 aliphatic heterocycles. The van der Waals surface area contributed by atoms with Crippen molar-refractivity contribution in [2.45, 2.75) is 32.7 Å². The number of nitrogens with zero attached hydrogens (tertiary/aromatic N) is 1. The average molecular weight is 182 g/mol. The van der Waals surface area contributed by atoms with Crippen molar-refractivity contribution in [3.05, 3.63) is 12.2 Å². The van der Waals surface area contributed by atoms with Gasteiger partial charge in [0.15, 0.2) is 0 Å². The summed E-state index contributed by atoms with van der Waals surface area (Å²) in [5.74, 6) is 0. The molecule has 0 aromatic heterocycles. The van der Waals surface area contributed by atoms with E-state index in [0.29, 0.717) is 0 Å². The first kappa shape index (κ1) is 10.7. The fourth-order valence-electron chi connectivity index (χ4n) is 1.56. The molecule has 0 atom stereocenters. The summed E-state index contributed by atoms with van der Waals surface area (Å²) in [6.07, 6.45) is 7.09. The number of hydrogen-bond donors (Lipinski definition) is 1. The zero-order valence-electron chi connectivity index (χ0n) is 8.92. The van der Waals surface area contributed by atoms with Crippen LogP contribution in [0.5, 0.6) is 0 Å². The fourth-order valence-corrected chi connectivity index (χ4v) is 1.56. The molecule has 1 fully saturated rings. The normalized spacial score (nSPS) is 17.5. The minimum absolute atomic E-state index is 0.911. The van der Waals surface area contributed by atoms with Gasteiger partial charge in [0.1, 0.15) is 0 Å². The van der Waals surface area contributed by atoms with E-state index in [0.717, 1.165) is 19.1 Å². The van der Waals surface area contributed by atoms with Gasteiger partial charge in [-0.3, -0.25) is 4.90 Å². The van der Waals surface area contributed by atoms with E-state index < -0.39 is 0 Å². The highest BCUT2D eigenvalue weighted by Gasteiger charge is 2.26. The summed E-state index contributed by atoms with van der Waals surface area (Å²) in [7, 11) is 0. The Bertz CT molecular complexity index is 150. The van der Waals surface area contributed by atoms with Gasteiger partial charge in [0.2, 0.25) is 0 Å². The Morgan fingerprint density at radius 3 is 2.77 bits per heavy atom. The summed E-state index contributed by atoms with van der Waals surface area (Å²) in [5, 5.41) is 3.41. The maximum atomic E-state index is 3.41. The molecule has 0 amide bonds. The van der Waals surface area contributed by atoms with E-state index in [9.17, 15) is 0 Å². The molecule has 0 unspecified atom stereocenters. The van der Waals surface area contributed by atoms with Crippen LogP contribution in [0.4, 0.5) is 0 Å². The highest BCUT2D eigenvalue weighted by Crippen LogP contribution is 2.25. The molecular formula is C11H22N2. The van der Waals surface area contributed by atoms with Crippen LogP contribution in [0.1, 0.15) is 26.7 Å². The molecule has 1 N–H and O–H groups in total. The van der Waals surface area contributed by atoms with Gasteiger partial charge in [-0.15, -0.1) is 0 Å². The quantitative estimate of drug-likeness (QED) is 0.475. The third-order valence-electron chi connectivity index (χ3n) is 2.54. The Kier molecular flexibility index (Phi) is 5.09. The van der Waals surface area contributed by atoms with Gasteiger partial charge >= 0.3 is 0 Å². The first-order valence-corrected chi connectivity index (χ1v) is 5.44. The van der Waals surface area contributed by atoms with Crippen molar-refractivity contribution >= 4 is 0 Å².